The smallest absolute Gasteiger partial charge is 0.338 e. The van der Waals surface area contributed by atoms with E-state index >= 15 is 0 Å². The third-order valence-electron chi connectivity index (χ3n) is 1.00. The molecule has 0 aliphatic heterocycles. The van der Waals surface area contributed by atoms with Crippen molar-refractivity contribution in [2.24, 2.45) is 0 Å². The standard InChI is InChI=1S/C6H4FNO2.H2O/c7-5-3-8-2-1-4(5)6(9)10;/h1-3H,(H,9,10);1H2. The van der Waals surface area contributed by atoms with E-state index in [4.69, 9.17) is 5.11 Å². The van der Waals surface area contributed by atoms with Crippen LogP contribution in [0.1, 0.15) is 10.4 Å². The molecule has 0 saturated carbocycles. The molecule has 0 saturated heterocycles. The van der Waals surface area contributed by atoms with E-state index in [1.165, 1.54) is 6.20 Å². The summed E-state index contributed by atoms with van der Waals surface area (Å²) in [5, 5.41) is 8.30. The molecule has 0 aromatic carbocycles. The molecule has 5 heteroatoms. The summed E-state index contributed by atoms with van der Waals surface area (Å²) in [5.41, 5.74) is -0.352. The molecule has 0 spiro atoms. The van der Waals surface area contributed by atoms with Gasteiger partial charge in [0.05, 0.1) is 11.8 Å². The lowest BCUT2D eigenvalue weighted by Gasteiger charge is -1.92. The average molecular weight is 159 g/mol. The zero-order valence-corrected chi connectivity index (χ0v) is 5.41. The Bertz CT molecular complexity index is 264. The van der Waals surface area contributed by atoms with E-state index < -0.39 is 11.8 Å². The van der Waals surface area contributed by atoms with E-state index in [9.17, 15) is 9.18 Å². The monoisotopic (exact) mass is 159 g/mol. The summed E-state index contributed by atoms with van der Waals surface area (Å²) in [6.07, 6.45) is 2.09. The number of aromatic nitrogens is 1. The van der Waals surface area contributed by atoms with Gasteiger partial charge in [-0.25, -0.2) is 9.18 Å². The molecule has 1 rings (SSSR count). The van der Waals surface area contributed by atoms with E-state index in [-0.39, 0.29) is 11.0 Å². The maximum Gasteiger partial charge on any atom is 0.338 e. The quantitative estimate of drug-likeness (QED) is 0.630. The summed E-state index contributed by atoms with van der Waals surface area (Å²) in [6, 6.07) is 1.11. The van der Waals surface area contributed by atoms with Gasteiger partial charge in [0.1, 0.15) is 0 Å². The largest absolute Gasteiger partial charge is 0.478 e. The fraction of sp³-hybridized carbons (Fsp3) is 0. The van der Waals surface area contributed by atoms with Gasteiger partial charge >= 0.3 is 5.97 Å². The van der Waals surface area contributed by atoms with Crippen molar-refractivity contribution in [1.82, 2.24) is 4.98 Å². The predicted octanol–water partition coefficient (Wildman–Crippen LogP) is 0.0942. The first-order valence-corrected chi connectivity index (χ1v) is 2.54. The molecule has 1 aromatic rings. The summed E-state index contributed by atoms with van der Waals surface area (Å²) in [6.45, 7) is 0. The Labute approximate surface area is 61.6 Å². The average Bonchev–Trinajstić information content (AvgIpc) is 1.88. The van der Waals surface area contributed by atoms with Crippen LogP contribution < -0.4 is 0 Å². The summed E-state index contributed by atoms with van der Waals surface area (Å²) in [5.74, 6) is -2.09. The van der Waals surface area contributed by atoms with Gasteiger partial charge in [0.15, 0.2) is 5.82 Å². The fourth-order valence-electron chi connectivity index (χ4n) is 0.549. The molecule has 0 atom stereocenters. The number of nitrogens with zero attached hydrogens (tertiary/aromatic N) is 1. The van der Waals surface area contributed by atoms with Crippen LogP contribution >= 0.6 is 0 Å². The summed E-state index contributed by atoms with van der Waals surface area (Å²) < 4.78 is 12.4. The molecule has 1 aromatic heterocycles. The lowest BCUT2D eigenvalue weighted by Crippen LogP contribution is -1.99. The number of carbonyl (C=O) groups is 1. The van der Waals surface area contributed by atoms with Gasteiger partial charge in [-0.2, -0.15) is 0 Å². The Morgan fingerprint density at radius 1 is 1.64 bits per heavy atom. The SMILES string of the molecule is O.O=C(O)c1ccncc1F. The number of rotatable bonds is 1. The third-order valence-corrected chi connectivity index (χ3v) is 1.00. The van der Waals surface area contributed by atoms with Gasteiger partial charge in [0, 0.05) is 6.20 Å². The third kappa shape index (κ3) is 1.98. The van der Waals surface area contributed by atoms with Crippen LogP contribution in [-0.4, -0.2) is 21.5 Å². The molecule has 0 fully saturated rings. The zero-order valence-electron chi connectivity index (χ0n) is 5.41. The highest BCUT2D eigenvalue weighted by molar-refractivity contribution is 5.87. The maximum atomic E-state index is 12.4. The van der Waals surface area contributed by atoms with Crippen LogP contribution in [0.3, 0.4) is 0 Å². The normalized spacial score (nSPS) is 8.45. The molecule has 0 radical (unpaired) electrons. The van der Waals surface area contributed by atoms with Gasteiger partial charge in [-0.1, -0.05) is 0 Å². The van der Waals surface area contributed by atoms with E-state index in [1.54, 1.807) is 0 Å². The molecule has 1 heterocycles. The second kappa shape index (κ2) is 3.62. The first-order chi connectivity index (χ1) is 4.72. The van der Waals surface area contributed by atoms with Gasteiger partial charge in [-0.05, 0) is 6.07 Å². The fourth-order valence-corrected chi connectivity index (χ4v) is 0.549. The van der Waals surface area contributed by atoms with E-state index in [0.717, 1.165) is 12.3 Å². The highest BCUT2D eigenvalue weighted by Crippen LogP contribution is 2.02. The molecule has 11 heavy (non-hydrogen) atoms. The molecular weight excluding hydrogens is 153 g/mol. The van der Waals surface area contributed by atoms with Crippen LogP contribution in [0.5, 0.6) is 0 Å². The second-order valence-corrected chi connectivity index (χ2v) is 1.66. The van der Waals surface area contributed by atoms with Crippen molar-refractivity contribution in [2.75, 3.05) is 0 Å². The van der Waals surface area contributed by atoms with Crippen molar-refractivity contribution >= 4 is 5.97 Å². The van der Waals surface area contributed by atoms with Crippen LogP contribution in [0.25, 0.3) is 0 Å². The maximum absolute atomic E-state index is 12.4. The Morgan fingerprint density at radius 2 is 2.27 bits per heavy atom. The van der Waals surface area contributed by atoms with Gasteiger partial charge in [0.2, 0.25) is 0 Å². The molecule has 0 aliphatic carbocycles. The number of halogens is 1. The van der Waals surface area contributed by atoms with Gasteiger partial charge in [0.25, 0.3) is 0 Å². The van der Waals surface area contributed by atoms with Crippen LogP contribution in [-0.2, 0) is 0 Å². The van der Waals surface area contributed by atoms with Gasteiger partial charge < -0.3 is 10.6 Å². The molecule has 0 amide bonds. The van der Waals surface area contributed by atoms with Crippen molar-refractivity contribution < 1.29 is 19.8 Å². The van der Waals surface area contributed by atoms with Crippen molar-refractivity contribution in [3.05, 3.63) is 29.8 Å². The summed E-state index contributed by atoms with van der Waals surface area (Å²) >= 11 is 0. The van der Waals surface area contributed by atoms with Gasteiger partial charge in [-0.3, -0.25) is 4.98 Å². The molecule has 3 N–H and O–H groups in total. The molecule has 60 valence electrons. The summed E-state index contributed by atoms with van der Waals surface area (Å²) in [7, 11) is 0. The molecule has 0 aliphatic rings. The molecule has 4 nitrogen and oxygen atoms in total. The lowest BCUT2D eigenvalue weighted by atomic mass is 10.3. The Morgan fingerprint density at radius 3 is 2.64 bits per heavy atom. The minimum atomic E-state index is -1.28. The predicted molar refractivity (Wildman–Crippen MR) is 34.8 cm³/mol. The van der Waals surface area contributed by atoms with Crippen LogP contribution in [0, 0.1) is 5.82 Å². The number of hydrogen-bond acceptors (Lipinski definition) is 2. The van der Waals surface area contributed by atoms with Crippen molar-refractivity contribution in [1.29, 1.82) is 0 Å². The van der Waals surface area contributed by atoms with Crippen molar-refractivity contribution in [2.45, 2.75) is 0 Å². The Kier molecular flexibility index (Phi) is 3.13. The van der Waals surface area contributed by atoms with Crippen LogP contribution in [0.15, 0.2) is 18.5 Å². The van der Waals surface area contributed by atoms with E-state index in [2.05, 4.69) is 4.98 Å². The first kappa shape index (κ1) is 9.51. The number of carboxylic acid groups (broad SMARTS) is 1. The number of hydrogen-bond donors (Lipinski definition) is 1. The van der Waals surface area contributed by atoms with E-state index in [1.807, 2.05) is 0 Å². The number of carboxylic acids is 1. The molecule has 0 unspecified atom stereocenters. The molecule has 0 bridgehead atoms. The first-order valence-electron chi connectivity index (χ1n) is 2.54. The van der Waals surface area contributed by atoms with Crippen LogP contribution in [0.4, 0.5) is 4.39 Å². The lowest BCUT2D eigenvalue weighted by molar-refractivity contribution is 0.0691. The number of aromatic carboxylic acids is 1. The van der Waals surface area contributed by atoms with E-state index in [0.29, 0.717) is 0 Å². The highest BCUT2D eigenvalue weighted by atomic mass is 19.1. The summed E-state index contributed by atoms with van der Waals surface area (Å²) in [4.78, 5) is 13.5. The minimum absolute atomic E-state index is 0. The Balaban J connectivity index is 0.000001000. The Hall–Kier alpha value is -1.49. The zero-order chi connectivity index (χ0) is 7.56. The number of pyridine rings is 1. The van der Waals surface area contributed by atoms with Crippen LogP contribution in [0.2, 0.25) is 0 Å². The minimum Gasteiger partial charge on any atom is -0.478 e. The second-order valence-electron chi connectivity index (χ2n) is 1.66. The van der Waals surface area contributed by atoms with Crippen molar-refractivity contribution in [3.63, 3.8) is 0 Å². The highest BCUT2D eigenvalue weighted by Gasteiger charge is 2.07. The van der Waals surface area contributed by atoms with Gasteiger partial charge in [-0.15, -0.1) is 0 Å². The molecular formula is C6H6FNO3. The topological polar surface area (TPSA) is 81.7 Å². The van der Waals surface area contributed by atoms with Crippen molar-refractivity contribution in [3.8, 4) is 0 Å².